The molecule has 0 saturated carbocycles. The SMILES string of the molecule is CC(=O)O[C@@H](C)/C=C\C(=O)N[C@@H]1C[C@H](C)[C@H](C/C=C(C)/C=C/[C@H]2O[C@H](CC(=O)NC(C)(C)C(=O)O)CC3(CO3)[C@@H]2O)O[C@@H]1C. The van der Waals surface area contributed by atoms with Gasteiger partial charge in [-0.1, -0.05) is 30.7 Å². The number of aliphatic hydroxyl groups excluding tert-OH is 1. The van der Waals surface area contributed by atoms with E-state index in [0.717, 1.165) is 12.0 Å². The van der Waals surface area contributed by atoms with E-state index in [-0.39, 0.29) is 36.5 Å². The highest BCUT2D eigenvalue weighted by Crippen LogP contribution is 2.43. The molecular weight excluding hydrogens is 572 g/mol. The van der Waals surface area contributed by atoms with Gasteiger partial charge < -0.3 is 39.8 Å². The molecule has 0 aromatic carbocycles. The van der Waals surface area contributed by atoms with Gasteiger partial charge in [-0.05, 0) is 59.5 Å². The van der Waals surface area contributed by atoms with Crippen LogP contribution in [0.25, 0.3) is 0 Å². The average molecular weight is 621 g/mol. The Hall–Kier alpha value is -3.06. The third kappa shape index (κ3) is 9.98. The topological polar surface area (TPSA) is 173 Å². The number of esters is 1. The largest absolute Gasteiger partial charge is 0.480 e. The number of epoxide rings is 1. The van der Waals surface area contributed by atoms with Crippen LogP contribution in [-0.2, 0) is 38.1 Å². The molecule has 12 heteroatoms. The highest BCUT2D eigenvalue weighted by molar-refractivity contribution is 5.88. The van der Waals surface area contributed by atoms with Crippen molar-refractivity contribution in [3.63, 3.8) is 0 Å². The van der Waals surface area contributed by atoms with Crippen LogP contribution in [-0.4, -0.2) is 94.4 Å². The highest BCUT2D eigenvalue weighted by Gasteiger charge is 2.58. The summed E-state index contributed by atoms with van der Waals surface area (Å²) in [7, 11) is 0. The van der Waals surface area contributed by atoms with Crippen LogP contribution in [0.2, 0.25) is 0 Å². The van der Waals surface area contributed by atoms with Crippen molar-refractivity contribution in [3.05, 3.63) is 36.0 Å². The maximum absolute atomic E-state index is 12.5. The fourth-order valence-electron chi connectivity index (χ4n) is 5.55. The van der Waals surface area contributed by atoms with Crippen molar-refractivity contribution in [1.82, 2.24) is 10.6 Å². The number of carbonyl (C=O) groups is 4. The molecular formula is C32H48N2O10. The Balaban J connectivity index is 1.52. The Morgan fingerprint density at radius 1 is 1.14 bits per heavy atom. The molecule has 1 spiro atoms. The van der Waals surface area contributed by atoms with Crippen LogP contribution >= 0.6 is 0 Å². The number of nitrogens with one attached hydrogen (secondary N) is 2. The minimum atomic E-state index is -1.41. The summed E-state index contributed by atoms with van der Waals surface area (Å²) in [5, 5.41) is 25.7. The number of aliphatic hydroxyl groups is 1. The summed E-state index contributed by atoms with van der Waals surface area (Å²) in [5.74, 6) is -2.08. The maximum atomic E-state index is 12.5. The van der Waals surface area contributed by atoms with Crippen molar-refractivity contribution in [1.29, 1.82) is 0 Å². The number of allylic oxidation sites excluding steroid dienone is 2. The summed E-state index contributed by atoms with van der Waals surface area (Å²) >= 11 is 0. The molecule has 0 aromatic heterocycles. The van der Waals surface area contributed by atoms with Gasteiger partial charge >= 0.3 is 11.9 Å². The van der Waals surface area contributed by atoms with Crippen LogP contribution in [0.15, 0.2) is 36.0 Å². The molecule has 3 saturated heterocycles. The third-order valence-electron chi connectivity index (χ3n) is 8.32. The van der Waals surface area contributed by atoms with E-state index in [1.54, 1.807) is 13.0 Å². The molecule has 44 heavy (non-hydrogen) atoms. The van der Waals surface area contributed by atoms with Crippen molar-refractivity contribution in [2.75, 3.05) is 6.61 Å². The summed E-state index contributed by atoms with van der Waals surface area (Å²) in [5.41, 5.74) is -1.22. The number of carboxylic acid groups (broad SMARTS) is 1. The third-order valence-corrected chi connectivity index (χ3v) is 8.32. The number of ether oxygens (including phenoxy) is 4. The first kappa shape index (κ1) is 35.4. The Bertz CT molecular complexity index is 1160. The van der Waals surface area contributed by atoms with Crippen LogP contribution in [0.1, 0.15) is 74.1 Å². The lowest BCUT2D eigenvalue weighted by atomic mass is 9.87. The predicted molar refractivity (Wildman–Crippen MR) is 160 cm³/mol. The van der Waals surface area contributed by atoms with E-state index in [0.29, 0.717) is 19.4 Å². The molecule has 246 valence electrons. The molecule has 4 N–H and O–H groups in total. The van der Waals surface area contributed by atoms with Gasteiger partial charge in [0.25, 0.3) is 0 Å². The van der Waals surface area contributed by atoms with Crippen LogP contribution in [0.5, 0.6) is 0 Å². The van der Waals surface area contributed by atoms with Gasteiger partial charge in [-0.25, -0.2) is 4.79 Å². The maximum Gasteiger partial charge on any atom is 0.328 e. The monoisotopic (exact) mass is 620 g/mol. The lowest BCUT2D eigenvalue weighted by molar-refractivity contribution is -0.151. The van der Waals surface area contributed by atoms with E-state index >= 15 is 0 Å². The standard InChI is InChI=1S/C32H48N2O10/c1-18(8-11-25-19(2)14-24(21(4)43-25)33-27(36)13-10-20(3)42-22(5)35)9-12-26-29(38)32(17-41-32)16-23(44-26)15-28(37)34-31(6,7)30(39)40/h8-10,12-13,19-21,23-26,29,38H,11,14-17H2,1-7H3,(H,33,36)(H,34,37)(H,39,40)/b12-9+,13-10-,18-8+/t19-,20-,21+,23+,24+,25-,26+,29+,32?/m0/s1. The van der Waals surface area contributed by atoms with E-state index in [4.69, 9.17) is 18.9 Å². The quantitative estimate of drug-likeness (QED) is 0.110. The zero-order valence-electron chi connectivity index (χ0n) is 26.7. The molecule has 0 radical (unpaired) electrons. The minimum absolute atomic E-state index is 0.0429. The van der Waals surface area contributed by atoms with E-state index in [2.05, 4.69) is 23.6 Å². The summed E-state index contributed by atoms with van der Waals surface area (Å²) in [6, 6.07) is -0.153. The molecule has 0 aliphatic carbocycles. The fraction of sp³-hybridized carbons (Fsp3) is 0.688. The lowest BCUT2D eigenvalue weighted by Crippen LogP contribution is -2.53. The fourth-order valence-corrected chi connectivity index (χ4v) is 5.55. The number of carboxylic acids is 1. The molecule has 3 aliphatic heterocycles. The zero-order valence-corrected chi connectivity index (χ0v) is 26.7. The lowest BCUT2D eigenvalue weighted by Gasteiger charge is -2.39. The second-order valence-corrected chi connectivity index (χ2v) is 12.8. The van der Waals surface area contributed by atoms with Crippen LogP contribution in [0.4, 0.5) is 0 Å². The Morgan fingerprint density at radius 2 is 1.82 bits per heavy atom. The van der Waals surface area contributed by atoms with Gasteiger partial charge in [-0.15, -0.1) is 0 Å². The Labute approximate surface area is 259 Å². The van der Waals surface area contributed by atoms with Gasteiger partial charge in [0.2, 0.25) is 11.8 Å². The molecule has 3 aliphatic rings. The molecule has 3 fully saturated rings. The normalized spacial score (nSPS) is 33.3. The van der Waals surface area contributed by atoms with Crippen LogP contribution in [0, 0.1) is 5.92 Å². The van der Waals surface area contributed by atoms with Gasteiger partial charge in [-0.3, -0.25) is 14.4 Å². The first-order valence-electron chi connectivity index (χ1n) is 15.2. The van der Waals surface area contributed by atoms with Gasteiger partial charge in [0.1, 0.15) is 29.5 Å². The van der Waals surface area contributed by atoms with Gasteiger partial charge in [0.05, 0.1) is 37.4 Å². The Morgan fingerprint density at radius 3 is 2.43 bits per heavy atom. The van der Waals surface area contributed by atoms with Crippen LogP contribution in [0.3, 0.4) is 0 Å². The number of aliphatic carboxylic acids is 1. The highest BCUT2D eigenvalue weighted by atomic mass is 16.6. The van der Waals surface area contributed by atoms with E-state index in [9.17, 15) is 29.4 Å². The number of hydrogen-bond donors (Lipinski definition) is 4. The number of hydrogen-bond acceptors (Lipinski definition) is 9. The molecule has 3 heterocycles. The van der Waals surface area contributed by atoms with Crippen molar-refractivity contribution >= 4 is 23.8 Å². The van der Waals surface area contributed by atoms with E-state index < -0.39 is 53.4 Å². The average Bonchev–Trinajstić information content (AvgIpc) is 3.68. The molecule has 9 atom stereocenters. The zero-order chi connectivity index (χ0) is 32.8. The second-order valence-electron chi connectivity index (χ2n) is 12.8. The second kappa shape index (κ2) is 14.8. The van der Waals surface area contributed by atoms with Crippen molar-refractivity contribution in [2.24, 2.45) is 5.92 Å². The van der Waals surface area contributed by atoms with Crippen molar-refractivity contribution < 1.29 is 48.3 Å². The summed E-state index contributed by atoms with van der Waals surface area (Å²) in [4.78, 5) is 47.3. The first-order valence-corrected chi connectivity index (χ1v) is 15.2. The molecule has 0 bridgehead atoms. The summed E-state index contributed by atoms with van der Waals surface area (Å²) in [6.45, 7) is 12.2. The van der Waals surface area contributed by atoms with Gasteiger partial charge in [0.15, 0.2) is 0 Å². The number of rotatable bonds is 12. The molecule has 1 unspecified atom stereocenters. The smallest absolute Gasteiger partial charge is 0.328 e. The van der Waals surface area contributed by atoms with Gasteiger partial charge in [0, 0.05) is 19.4 Å². The summed E-state index contributed by atoms with van der Waals surface area (Å²) in [6.07, 6.45) is 7.43. The Kier molecular flexibility index (Phi) is 11.9. The summed E-state index contributed by atoms with van der Waals surface area (Å²) < 4.78 is 22.9. The predicted octanol–water partition coefficient (Wildman–Crippen LogP) is 2.34. The number of carbonyl (C=O) groups excluding carboxylic acids is 3. The molecule has 3 rings (SSSR count). The number of amides is 2. The van der Waals surface area contributed by atoms with E-state index in [1.807, 2.05) is 19.9 Å². The first-order chi connectivity index (χ1) is 20.5. The molecule has 12 nitrogen and oxygen atoms in total. The molecule has 2 amide bonds. The van der Waals surface area contributed by atoms with E-state index in [1.165, 1.54) is 32.9 Å². The van der Waals surface area contributed by atoms with Gasteiger partial charge in [-0.2, -0.15) is 0 Å². The van der Waals surface area contributed by atoms with Crippen LogP contribution < -0.4 is 10.6 Å². The van der Waals surface area contributed by atoms with Crippen molar-refractivity contribution in [3.8, 4) is 0 Å². The van der Waals surface area contributed by atoms with Crippen molar-refractivity contribution in [2.45, 2.75) is 128 Å². The minimum Gasteiger partial charge on any atom is -0.480 e. The molecule has 0 aromatic rings.